The fourth-order valence-electron chi connectivity index (χ4n) is 1.72. The van der Waals surface area contributed by atoms with Gasteiger partial charge in [-0.05, 0) is 12.0 Å². The number of hydrogen-bond donors (Lipinski definition) is 1. The van der Waals surface area contributed by atoms with E-state index in [1.807, 2.05) is 18.2 Å². The van der Waals surface area contributed by atoms with Crippen LogP contribution >= 0.6 is 0 Å². The molecule has 0 fully saturated rings. The molecule has 3 heteroatoms. The maximum Gasteiger partial charge on any atom is 0.0848 e. The lowest BCUT2D eigenvalue weighted by Crippen LogP contribution is -2.24. The van der Waals surface area contributed by atoms with Gasteiger partial charge in [0.05, 0.1) is 25.9 Å². The van der Waals surface area contributed by atoms with Crippen LogP contribution in [0.5, 0.6) is 0 Å². The van der Waals surface area contributed by atoms with Gasteiger partial charge in [-0.25, -0.2) is 0 Å². The Morgan fingerprint density at radius 2 is 1.94 bits per heavy atom. The summed E-state index contributed by atoms with van der Waals surface area (Å²) >= 11 is 0. The van der Waals surface area contributed by atoms with E-state index in [0.717, 1.165) is 25.9 Å². The number of hydrogen-bond acceptors (Lipinski definition) is 3. The van der Waals surface area contributed by atoms with E-state index in [0.29, 0.717) is 13.2 Å². The third-order valence-electron chi connectivity index (χ3n) is 2.70. The number of benzene rings is 1. The van der Waals surface area contributed by atoms with Crippen molar-refractivity contribution in [2.24, 2.45) is 0 Å². The second kappa shape index (κ2) is 10.1. The molecule has 0 saturated heterocycles. The molecular formula is C15H24O3. The van der Waals surface area contributed by atoms with Crippen molar-refractivity contribution in [2.45, 2.75) is 32.3 Å². The molecule has 102 valence electrons. The molecule has 1 N–H and O–H groups in total. The van der Waals surface area contributed by atoms with Gasteiger partial charge < -0.3 is 14.6 Å². The molecular weight excluding hydrogens is 228 g/mol. The molecule has 0 radical (unpaired) electrons. The summed E-state index contributed by atoms with van der Waals surface area (Å²) in [5.74, 6) is 0. The van der Waals surface area contributed by atoms with Gasteiger partial charge in [0.1, 0.15) is 0 Å². The first kappa shape index (κ1) is 15.2. The van der Waals surface area contributed by atoms with Crippen molar-refractivity contribution in [1.29, 1.82) is 0 Å². The zero-order chi connectivity index (χ0) is 13.1. The van der Waals surface area contributed by atoms with Gasteiger partial charge in [-0.3, -0.25) is 0 Å². The van der Waals surface area contributed by atoms with Gasteiger partial charge in [0, 0.05) is 13.0 Å². The third-order valence-corrected chi connectivity index (χ3v) is 2.70. The first-order valence-electron chi connectivity index (χ1n) is 6.71. The quantitative estimate of drug-likeness (QED) is 0.650. The van der Waals surface area contributed by atoms with Crippen LogP contribution in [0.4, 0.5) is 0 Å². The molecule has 0 aliphatic carbocycles. The summed E-state index contributed by atoms with van der Waals surface area (Å²) in [6, 6.07) is 10.3. The molecule has 0 spiro atoms. The number of rotatable bonds is 10. The molecule has 1 rings (SSSR count). The van der Waals surface area contributed by atoms with Crippen molar-refractivity contribution in [3.8, 4) is 0 Å². The highest BCUT2D eigenvalue weighted by molar-refractivity contribution is 5.15. The molecule has 0 aromatic heterocycles. The fraction of sp³-hybridized carbons (Fsp3) is 0.600. The molecule has 0 heterocycles. The Kier molecular flexibility index (Phi) is 8.47. The predicted octanol–water partition coefficient (Wildman–Crippen LogP) is 2.42. The van der Waals surface area contributed by atoms with E-state index in [1.165, 1.54) is 5.56 Å². The van der Waals surface area contributed by atoms with Crippen LogP contribution in [-0.2, 0) is 15.9 Å². The molecule has 1 aromatic rings. The van der Waals surface area contributed by atoms with Crippen LogP contribution in [0.2, 0.25) is 0 Å². The zero-order valence-corrected chi connectivity index (χ0v) is 11.2. The van der Waals surface area contributed by atoms with E-state index in [2.05, 4.69) is 19.1 Å². The molecule has 18 heavy (non-hydrogen) atoms. The summed E-state index contributed by atoms with van der Waals surface area (Å²) in [7, 11) is 0. The van der Waals surface area contributed by atoms with Crippen LogP contribution < -0.4 is 0 Å². The summed E-state index contributed by atoms with van der Waals surface area (Å²) in [4.78, 5) is 0. The first-order valence-corrected chi connectivity index (χ1v) is 6.71. The second-order valence-corrected chi connectivity index (χ2v) is 4.33. The molecule has 0 bridgehead atoms. The van der Waals surface area contributed by atoms with Gasteiger partial charge >= 0.3 is 0 Å². The zero-order valence-electron chi connectivity index (χ0n) is 11.2. The average Bonchev–Trinajstić information content (AvgIpc) is 2.40. The van der Waals surface area contributed by atoms with Crippen molar-refractivity contribution >= 4 is 0 Å². The number of aliphatic hydroxyl groups excluding tert-OH is 1. The predicted molar refractivity (Wildman–Crippen MR) is 72.7 cm³/mol. The third kappa shape index (κ3) is 6.74. The van der Waals surface area contributed by atoms with Gasteiger partial charge in [-0.15, -0.1) is 0 Å². The average molecular weight is 252 g/mol. The molecule has 1 unspecified atom stereocenters. The maximum atomic E-state index is 8.72. The number of aliphatic hydroxyl groups is 1. The smallest absolute Gasteiger partial charge is 0.0848 e. The van der Waals surface area contributed by atoms with Crippen molar-refractivity contribution in [1.82, 2.24) is 0 Å². The SMILES string of the molecule is CCCCOC(COCCO)Cc1ccccc1. The molecule has 0 saturated carbocycles. The van der Waals surface area contributed by atoms with E-state index in [9.17, 15) is 0 Å². The molecule has 1 atom stereocenters. The summed E-state index contributed by atoms with van der Waals surface area (Å²) in [5, 5.41) is 8.72. The summed E-state index contributed by atoms with van der Waals surface area (Å²) in [6.45, 7) is 3.91. The molecule has 0 amide bonds. The topological polar surface area (TPSA) is 38.7 Å². The Labute approximate surface area is 110 Å². The van der Waals surface area contributed by atoms with Crippen LogP contribution in [0, 0.1) is 0 Å². The summed E-state index contributed by atoms with van der Waals surface area (Å²) in [6.07, 6.45) is 3.14. The fourth-order valence-corrected chi connectivity index (χ4v) is 1.72. The number of unbranched alkanes of at least 4 members (excludes halogenated alkanes) is 1. The Morgan fingerprint density at radius 1 is 1.17 bits per heavy atom. The highest BCUT2D eigenvalue weighted by atomic mass is 16.5. The first-order chi connectivity index (χ1) is 8.86. The summed E-state index contributed by atoms with van der Waals surface area (Å²) < 4.78 is 11.2. The van der Waals surface area contributed by atoms with Gasteiger partial charge in [0.2, 0.25) is 0 Å². The minimum absolute atomic E-state index is 0.0625. The van der Waals surface area contributed by atoms with Crippen LogP contribution in [0.1, 0.15) is 25.3 Å². The second-order valence-electron chi connectivity index (χ2n) is 4.33. The lowest BCUT2D eigenvalue weighted by molar-refractivity contribution is -0.0239. The maximum absolute atomic E-state index is 8.72. The van der Waals surface area contributed by atoms with Crippen molar-refractivity contribution in [3.63, 3.8) is 0 Å². The van der Waals surface area contributed by atoms with Crippen LogP contribution in [0.25, 0.3) is 0 Å². The van der Waals surface area contributed by atoms with Crippen LogP contribution in [0.15, 0.2) is 30.3 Å². The van der Waals surface area contributed by atoms with Crippen molar-refractivity contribution in [2.75, 3.05) is 26.4 Å². The van der Waals surface area contributed by atoms with Gasteiger partial charge in [0.25, 0.3) is 0 Å². The minimum Gasteiger partial charge on any atom is -0.394 e. The van der Waals surface area contributed by atoms with Crippen LogP contribution in [0.3, 0.4) is 0 Å². The van der Waals surface area contributed by atoms with Gasteiger partial charge in [-0.1, -0.05) is 43.7 Å². The Bertz CT molecular complexity index is 277. The lowest BCUT2D eigenvalue weighted by atomic mass is 10.1. The summed E-state index contributed by atoms with van der Waals surface area (Å²) in [5.41, 5.74) is 1.26. The van der Waals surface area contributed by atoms with Crippen molar-refractivity contribution < 1.29 is 14.6 Å². The minimum atomic E-state index is 0.0625. The van der Waals surface area contributed by atoms with Crippen LogP contribution in [-0.4, -0.2) is 37.6 Å². The molecule has 1 aromatic carbocycles. The number of ether oxygens (including phenoxy) is 2. The van der Waals surface area contributed by atoms with E-state index in [-0.39, 0.29) is 12.7 Å². The Morgan fingerprint density at radius 3 is 2.61 bits per heavy atom. The lowest BCUT2D eigenvalue weighted by Gasteiger charge is -2.18. The molecule has 0 aliphatic heterocycles. The monoisotopic (exact) mass is 252 g/mol. The normalized spacial score (nSPS) is 12.6. The molecule has 0 aliphatic rings. The van der Waals surface area contributed by atoms with E-state index in [1.54, 1.807) is 0 Å². The standard InChI is InChI=1S/C15H24O3/c1-2-3-10-18-15(13-17-11-9-16)12-14-7-5-4-6-8-14/h4-8,15-16H,2-3,9-13H2,1H3. The van der Waals surface area contributed by atoms with Gasteiger partial charge in [0.15, 0.2) is 0 Å². The van der Waals surface area contributed by atoms with E-state index >= 15 is 0 Å². The highest BCUT2D eigenvalue weighted by Crippen LogP contribution is 2.07. The largest absolute Gasteiger partial charge is 0.394 e. The van der Waals surface area contributed by atoms with E-state index < -0.39 is 0 Å². The highest BCUT2D eigenvalue weighted by Gasteiger charge is 2.10. The molecule has 3 nitrogen and oxygen atoms in total. The van der Waals surface area contributed by atoms with Gasteiger partial charge in [-0.2, -0.15) is 0 Å². The Hall–Kier alpha value is -0.900. The van der Waals surface area contributed by atoms with Crippen molar-refractivity contribution in [3.05, 3.63) is 35.9 Å². The van der Waals surface area contributed by atoms with E-state index in [4.69, 9.17) is 14.6 Å². The Balaban J connectivity index is 2.37.